The van der Waals surface area contributed by atoms with Crippen LogP contribution in [0.15, 0.2) is 71.7 Å². The summed E-state index contributed by atoms with van der Waals surface area (Å²) in [5.74, 6) is 0.342. The minimum atomic E-state index is -0.654. The van der Waals surface area contributed by atoms with E-state index in [1.165, 1.54) is 0 Å². The number of rotatable bonds is 7. The SMILES string of the molecule is CC(C)COC1=CC(C(=O)Cc2ccccc2Cl)C(N)=NN1c1ccccc1. The Bertz CT molecular complexity index is 894. The zero-order chi connectivity index (χ0) is 20.1. The van der Waals surface area contributed by atoms with Crippen molar-refractivity contribution in [3.63, 3.8) is 0 Å². The Kier molecular flexibility index (Phi) is 6.37. The first kappa shape index (κ1) is 20.0. The van der Waals surface area contributed by atoms with E-state index in [1.54, 1.807) is 17.2 Å². The highest BCUT2D eigenvalue weighted by Gasteiger charge is 2.29. The topological polar surface area (TPSA) is 67.9 Å². The van der Waals surface area contributed by atoms with Crippen LogP contribution in [0.2, 0.25) is 5.02 Å². The van der Waals surface area contributed by atoms with Crippen LogP contribution in [-0.2, 0) is 16.0 Å². The van der Waals surface area contributed by atoms with Crippen LogP contribution in [0, 0.1) is 11.8 Å². The van der Waals surface area contributed by atoms with Gasteiger partial charge in [0.2, 0.25) is 5.88 Å². The molecule has 0 bridgehead atoms. The molecule has 28 heavy (non-hydrogen) atoms. The van der Waals surface area contributed by atoms with E-state index in [0.717, 1.165) is 11.3 Å². The lowest BCUT2D eigenvalue weighted by molar-refractivity contribution is -0.119. The zero-order valence-corrected chi connectivity index (χ0v) is 16.8. The fraction of sp³-hybridized carbons (Fsp3) is 0.273. The third-order valence-corrected chi connectivity index (χ3v) is 4.66. The van der Waals surface area contributed by atoms with Crippen molar-refractivity contribution in [1.29, 1.82) is 0 Å². The Morgan fingerprint density at radius 3 is 2.54 bits per heavy atom. The molecule has 0 saturated carbocycles. The number of nitrogens with zero attached hydrogens (tertiary/aromatic N) is 2. The summed E-state index contributed by atoms with van der Waals surface area (Å²) >= 11 is 6.20. The second-order valence-electron chi connectivity index (χ2n) is 7.09. The highest BCUT2D eigenvalue weighted by atomic mass is 35.5. The number of para-hydroxylation sites is 1. The molecule has 146 valence electrons. The lowest BCUT2D eigenvalue weighted by Crippen LogP contribution is -2.38. The van der Waals surface area contributed by atoms with Crippen LogP contribution >= 0.6 is 11.6 Å². The summed E-state index contributed by atoms with van der Waals surface area (Å²) < 4.78 is 5.96. The first-order valence-electron chi connectivity index (χ1n) is 9.25. The van der Waals surface area contributed by atoms with E-state index < -0.39 is 5.92 Å². The number of anilines is 1. The number of hydrogen-bond acceptors (Lipinski definition) is 5. The van der Waals surface area contributed by atoms with Crippen molar-refractivity contribution in [3.05, 3.63) is 77.1 Å². The molecule has 3 rings (SSSR count). The number of hydrogen-bond donors (Lipinski definition) is 1. The van der Waals surface area contributed by atoms with Crippen molar-refractivity contribution in [2.24, 2.45) is 22.7 Å². The number of carbonyl (C=O) groups excluding carboxylic acids is 1. The van der Waals surface area contributed by atoms with Crippen molar-refractivity contribution in [2.45, 2.75) is 20.3 Å². The van der Waals surface area contributed by atoms with Gasteiger partial charge in [0.05, 0.1) is 12.3 Å². The van der Waals surface area contributed by atoms with Crippen LogP contribution in [0.25, 0.3) is 0 Å². The molecule has 2 aromatic rings. The van der Waals surface area contributed by atoms with Gasteiger partial charge in [0.1, 0.15) is 11.8 Å². The van der Waals surface area contributed by atoms with Crippen molar-refractivity contribution >= 4 is 28.9 Å². The lowest BCUT2D eigenvalue weighted by Gasteiger charge is -2.29. The second kappa shape index (κ2) is 8.93. The first-order valence-corrected chi connectivity index (χ1v) is 9.63. The molecule has 0 saturated heterocycles. The molecule has 1 heterocycles. The molecule has 0 amide bonds. The second-order valence-corrected chi connectivity index (χ2v) is 7.50. The molecule has 0 radical (unpaired) electrons. The fourth-order valence-electron chi connectivity index (χ4n) is 2.84. The number of ketones is 1. The summed E-state index contributed by atoms with van der Waals surface area (Å²) in [6.07, 6.45) is 1.93. The van der Waals surface area contributed by atoms with Crippen molar-refractivity contribution in [3.8, 4) is 0 Å². The van der Waals surface area contributed by atoms with Crippen LogP contribution in [-0.4, -0.2) is 18.2 Å². The van der Waals surface area contributed by atoms with Gasteiger partial charge in [0.15, 0.2) is 5.78 Å². The summed E-state index contributed by atoms with van der Waals surface area (Å²) in [6.45, 7) is 4.64. The predicted octanol–water partition coefficient (Wildman–Crippen LogP) is 4.37. The van der Waals surface area contributed by atoms with Crippen LogP contribution in [0.3, 0.4) is 0 Å². The predicted molar refractivity (Wildman–Crippen MR) is 113 cm³/mol. The number of hydrazone groups is 1. The molecule has 0 aromatic heterocycles. The first-order chi connectivity index (χ1) is 13.5. The Morgan fingerprint density at radius 1 is 1.18 bits per heavy atom. The molecule has 0 fully saturated rings. The maximum atomic E-state index is 12.9. The number of carbonyl (C=O) groups is 1. The average molecular weight is 398 g/mol. The Morgan fingerprint density at radius 2 is 1.86 bits per heavy atom. The minimum Gasteiger partial charge on any atom is -0.478 e. The van der Waals surface area contributed by atoms with Gasteiger partial charge in [-0.15, -0.1) is 0 Å². The Labute approximate surface area is 170 Å². The molecule has 1 aliphatic rings. The van der Waals surface area contributed by atoms with E-state index >= 15 is 0 Å². The Balaban J connectivity index is 1.87. The highest BCUT2D eigenvalue weighted by Crippen LogP contribution is 2.27. The maximum absolute atomic E-state index is 12.9. The highest BCUT2D eigenvalue weighted by molar-refractivity contribution is 6.31. The molecule has 5 nitrogen and oxygen atoms in total. The summed E-state index contributed by atoms with van der Waals surface area (Å²) in [6, 6.07) is 16.9. The summed E-state index contributed by atoms with van der Waals surface area (Å²) in [5.41, 5.74) is 7.76. The van der Waals surface area contributed by atoms with E-state index in [0.29, 0.717) is 23.4 Å². The van der Waals surface area contributed by atoms with Gasteiger partial charge in [-0.1, -0.05) is 61.8 Å². The summed E-state index contributed by atoms with van der Waals surface area (Å²) in [5, 5.41) is 6.66. The summed E-state index contributed by atoms with van der Waals surface area (Å²) in [4.78, 5) is 12.9. The number of amidine groups is 1. The van der Waals surface area contributed by atoms with Crippen LogP contribution < -0.4 is 10.7 Å². The van der Waals surface area contributed by atoms with Gasteiger partial charge in [-0.25, -0.2) is 0 Å². The largest absolute Gasteiger partial charge is 0.478 e. The summed E-state index contributed by atoms with van der Waals surface area (Å²) in [7, 11) is 0. The number of benzene rings is 2. The van der Waals surface area contributed by atoms with Crippen LogP contribution in [0.4, 0.5) is 5.69 Å². The van der Waals surface area contributed by atoms with E-state index in [4.69, 9.17) is 22.1 Å². The Hall–Kier alpha value is -2.79. The van der Waals surface area contributed by atoms with E-state index in [1.807, 2.05) is 48.5 Å². The molecule has 6 heteroatoms. The fourth-order valence-corrected chi connectivity index (χ4v) is 3.04. The number of Topliss-reactive ketones (excluding diaryl/α,β-unsaturated/α-hetero) is 1. The molecule has 1 unspecified atom stereocenters. The number of nitrogens with two attached hydrogens (primary N) is 1. The van der Waals surface area contributed by atoms with Crippen LogP contribution in [0.5, 0.6) is 0 Å². The average Bonchev–Trinajstić information content (AvgIpc) is 2.69. The zero-order valence-electron chi connectivity index (χ0n) is 16.0. The molecule has 1 atom stereocenters. The van der Waals surface area contributed by atoms with Gasteiger partial charge in [0.25, 0.3) is 0 Å². The monoisotopic (exact) mass is 397 g/mol. The van der Waals surface area contributed by atoms with Gasteiger partial charge in [-0.3, -0.25) is 4.79 Å². The molecular weight excluding hydrogens is 374 g/mol. The van der Waals surface area contributed by atoms with Crippen molar-refractivity contribution < 1.29 is 9.53 Å². The van der Waals surface area contributed by atoms with Gasteiger partial charge >= 0.3 is 0 Å². The third-order valence-electron chi connectivity index (χ3n) is 4.29. The maximum Gasteiger partial charge on any atom is 0.212 e. The van der Waals surface area contributed by atoms with Gasteiger partial charge in [-0.2, -0.15) is 10.1 Å². The molecular formula is C22H24ClN3O2. The quantitative estimate of drug-likeness (QED) is 0.753. The smallest absolute Gasteiger partial charge is 0.212 e. The molecule has 0 spiro atoms. The molecule has 1 aliphatic heterocycles. The molecule has 2 N–H and O–H groups in total. The van der Waals surface area contributed by atoms with Crippen molar-refractivity contribution in [2.75, 3.05) is 11.6 Å². The van der Waals surface area contributed by atoms with Crippen molar-refractivity contribution in [1.82, 2.24) is 0 Å². The molecule has 0 aliphatic carbocycles. The van der Waals surface area contributed by atoms with E-state index in [9.17, 15) is 4.79 Å². The van der Waals surface area contributed by atoms with Gasteiger partial charge < -0.3 is 10.5 Å². The third kappa shape index (κ3) is 4.73. The number of ether oxygens (including phenoxy) is 1. The molecule has 2 aromatic carbocycles. The van der Waals surface area contributed by atoms with E-state index in [-0.39, 0.29) is 18.0 Å². The van der Waals surface area contributed by atoms with E-state index in [2.05, 4.69) is 18.9 Å². The normalized spacial score (nSPS) is 16.6. The standard InChI is InChI=1S/C22H24ClN3O2/c1-15(2)14-28-21-13-18(20(27)12-16-8-6-7-11-19(16)23)22(24)25-26(21)17-9-4-3-5-10-17/h3-11,13,15,18H,12,14H2,1-2H3,(H2,24,25). The van der Waals surface area contributed by atoms with Gasteiger partial charge in [0, 0.05) is 11.4 Å². The van der Waals surface area contributed by atoms with Crippen LogP contribution in [0.1, 0.15) is 19.4 Å². The lowest BCUT2D eigenvalue weighted by atomic mass is 9.96. The number of halogens is 1. The minimum absolute atomic E-state index is 0.0762. The van der Waals surface area contributed by atoms with Gasteiger partial charge in [-0.05, 0) is 35.8 Å².